The quantitative estimate of drug-likeness (QED) is 0.870. The summed E-state index contributed by atoms with van der Waals surface area (Å²) in [5.41, 5.74) is 3.36. The molecule has 0 atom stereocenters. The number of carbonyl (C=O) groups excluding carboxylic acids is 1. The maximum atomic E-state index is 11.7. The van der Waals surface area contributed by atoms with Gasteiger partial charge in [-0.1, -0.05) is 12.1 Å². The van der Waals surface area contributed by atoms with Crippen molar-refractivity contribution in [3.8, 4) is 11.3 Å². The lowest BCUT2D eigenvalue weighted by molar-refractivity contribution is -0.118. The summed E-state index contributed by atoms with van der Waals surface area (Å²) in [5.74, 6) is -0.961. The van der Waals surface area contributed by atoms with E-state index in [0.29, 0.717) is 12.1 Å². The molecule has 0 saturated carbocycles. The van der Waals surface area contributed by atoms with Gasteiger partial charge in [0.1, 0.15) is 5.69 Å². The largest absolute Gasteiger partial charge is 0.477 e. The number of aromatic nitrogens is 2. The van der Waals surface area contributed by atoms with Crippen LogP contribution in [0.5, 0.6) is 0 Å². The molecule has 2 aromatic rings. The van der Waals surface area contributed by atoms with Crippen molar-refractivity contribution in [3.05, 3.63) is 35.5 Å². The molecule has 20 heavy (non-hydrogen) atoms. The molecule has 102 valence electrons. The molecule has 0 saturated heterocycles. The van der Waals surface area contributed by atoms with Gasteiger partial charge in [-0.3, -0.25) is 9.89 Å². The van der Waals surface area contributed by atoms with Crippen molar-refractivity contribution < 1.29 is 14.7 Å². The zero-order chi connectivity index (χ0) is 14.3. The number of carboxylic acids is 1. The predicted octanol–water partition coefficient (Wildman–Crippen LogP) is 1.68. The van der Waals surface area contributed by atoms with Gasteiger partial charge >= 0.3 is 5.97 Å². The third-order valence-corrected chi connectivity index (χ3v) is 3.53. The van der Waals surface area contributed by atoms with Crippen molar-refractivity contribution in [1.82, 2.24) is 10.2 Å². The zero-order valence-corrected chi connectivity index (χ0v) is 10.9. The van der Waals surface area contributed by atoms with E-state index >= 15 is 0 Å². The van der Waals surface area contributed by atoms with E-state index < -0.39 is 5.97 Å². The lowest BCUT2D eigenvalue weighted by atomic mass is 9.98. The number of carbonyl (C=O) groups is 2. The number of nitrogens with zero attached hydrogens (tertiary/aromatic N) is 2. The first-order valence-electron chi connectivity index (χ1n) is 6.25. The number of carboxylic acid groups (broad SMARTS) is 1. The van der Waals surface area contributed by atoms with Crippen LogP contribution in [0, 0.1) is 0 Å². The van der Waals surface area contributed by atoms with Gasteiger partial charge in [-0.15, -0.1) is 0 Å². The molecule has 0 radical (unpaired) electrons. The van der Waals surface area contributed by atoms with Crippen LogP contribution in [0.3, 0.4) is 0 Å². The van der Waals surface area contributed by atoms with Crippen LogP contribution in [0.4, 0.5) is 5.69 Å². The Labute approximate surface area is 115 Å². The second-order valence-corrected chi connectivity index (χ2v) is 4.77. The van der Waals surface area contributed by atoms with Crippen LogP contribution in [-0.2, 0) is 11.2 Å². The summed E-state index contributed by atoms with van der Waals surface area (Å²) < 4.78 is 0. The van der Waals surface area contributed by atoms with Gasteiger partial charge in [0.15, 0.2) is 0 Å². The van der Waals surface area contributed by atoms with Crippen molar-refractivity contribution >= 4 is 17.6 Å². The van der Waals surface area contributed by atoms with Crippen LogP contribution in [-0.4, -0.2) is 34.2 Å². The summed E-state index contributed by atoms with van der Waals surface area (Å²) in [6.07, 6.45) is 1.26. The van der Waals surface area contributed by atoms with Gasteiger partial charge in [-0.2, -0.15) is 5.10 Å². The molecule has 2 N–H and O–H groups in total. The topological polar surface area (TPSA) is 86.3 Å². The number of hydrogen-bond acceptors (Lipinski definition) is 3. The number of anilines is 1. The Bertz CT molecular complexity index is 705. The van der Waals surface area contributed by atoms with Crippen LogP contribution < -0.4 is 4.90 Å². The highest BCUT2D eigenvalue weighted by atomic mass is 16.4. The number of aryl methyl sites for hydroxylation is 1. The average Bonchev–Trinajstić information content (AvgIpc) is 2.93. The minimum absolute atomic E-state index is 0.0437. The Morgan fingerprint density at radius 1 is 1.35 bits per heavy atom. The molecular formula is C14H13N3O3. The van der Waals surface area contributed by atoms with E-state index in [1.165, 1.54) is 6.07 Å². The molecule has 6 heteroatoms. The first-order chi connectivity index (χ1) is 9.56. The van der Waals surface area contributed by atoms with Gasteiger partial charge in [-0.25, -0.2) is 4.79 Å². The van der Waals surface area contributed by atoms with Crippen molar-refractivity contribution in [2.45, 2.75) is 12.8 Å². The van der Waals surface area contributed by atoms with Crippen molar-refractivity contribution in [1.29, 1.82) is 0 Å². The van der Waals surface area contributed by atoms with Crippen molar-refractivity contribution in [3.63, 3.8) is 0 Å². The van der Waals surface area contributed by atoms with Gasteiger partial charge in [-0.05, 0) is 24.1 Å². The number of hydrogen-bond donors (Lipinski definition) is 2. The van der Waals surface area contributed by atoms with E-state index in [2.05, 4.69) is 10.2 Å². The van der Waals surface area contributed by atoms with Crippen LogP contribution >= 0.6 is 0 Å². The van der Waals surface area contributed by atoms with Crippen molar-refractivity contribution in [2.24, 2.45) is 0 Å². The van der Waals surface area contributed by atoms with Crippen LogP contribution in [0.1, 0.15) is 22.5 Å². The molecule has 1 amide bonds. The fourth-order valence-electron chi connectivity index (χ4n) is 2.37. The van der Waals surface area contributed by atoms with E-state index in [1.54, 1.807) is 11.9 Å². The summed E-state index contributed by atoms with van der Waals surface area (Å²) in [6, 6.07) is 7.20. The van der Waals surface area contributed by atoms with E-state index in [-0.39, 0.29) is 11.6 Å². The second kappa shape index (κ2) is 4.48. The Hall–Kier alpha value is -2.63. The fraction of sp³-hybridized carbons (Fsp3) is 0.214. The number of amides is 1. The Morgan fingerprint density at radius 3 is 2.85 bits per heavy atom. The summed E-state index contributed by atoms with van der Waals surface area (Å²) in [7, 11) is 1.75. The molecule has 0 fully saturated rings. The third kappa shape index (κ3) is 1.95. The van der Waals surface area contributed by atoms with Crippen LogP contribution in [0.2, 0.25) is 0 Å². The van der Waals surface area contributed by atoms with Crippen molar-refractivity contribution in [2.75, 3.05) is 11.9 Å². The molecule has 0 aliphatic carbocycles. The highest BCUT2D eigenvalue weighted by Crippen LogP contribution is 2.31. The number of rotatable bonds is 2. The lowest BCUT2D eigenvalue weighted by Gasteiger charge is -2.26. The molecule has 6 nitrogen and oxygen atoms in total. The summed E-state index contributed by atoms with van der Waals surface area (Å²) in [6.45, 7) is 0. The normalized spacial score (nSPS) is 14.2. The summed E-state index contributed by atoms with van der Waals surface area (Å²) in [4.78, 5) is 24.2. The standard InChI is InChI=1S/C14H13N3O3/c1-17-12-6-9(3-2-8(12)4-5-13(17)18)10-7-11(14(19)20)16-15-10/h2-3,6-7H,4-5H2,1H3,(H,15,16)(H,19,20). The highest BCUT2D eigenvalue weighted by molar-refractivity contribution is 5.96. The van der Waals surface area contributed by atoms with Crippen LogP contribution in [0.25, 0.3) is 11.3 Å². The molecule has 1 aromatic heterocycles. The highest BCUT2D eigenvalue weighted by Gasteiger charge is 2.21. The fourth-order valence-corrected chi connectivity index (χ4v) is 2.37. The third-order valence-electron chi connectivity index (χ3n) is 3.53. The average molecular weight is 271 g/mol. The monoisotopic (exact) mass is 271 g/mol. The number of nitrogens with one attached hydrogen (secondary N) is 1. The first kappa shape index (κ1) is 12.4. The molecule has 1 aliphatic heterocycles. The number of aromatic carboxylic acids is 1. The first-order valence-corrected chi connectivity index (χ1v) is 6.25. The number of benzene rings is 1. The zero-order valence-electron chi connectivity index (χ0n) is 10.9. The lowest BCUT2D eigenvalue weighted by Crippen LogP contribution is -2.31. The maximum absolute atomic E-state index is 11.7. The minimum Gasteiger partial charge on any atom is -0.477 e. The molecule has 1 aromatic carbocycles. The smallest absolute Gasteiger partial charge is 0.353 e. The number of H-pyrrole nitrogens is 1. The van der Waals surface area contributed by atoms with E-state index in [1.807, 2.05) is 18.2 Å². The number of aromatic amines is 1. The Morgan fingerprint density at radius 2 is 2.15 bits per heavy atom. The Kier molecular flexibility index (Phi) is 2.78. The maximum Gasteiger partial charge on any atom is 0.353 e. The number of fused-ring (bicyclic) bond motifs is 1. The van der Waals surface area contributed by atoms with Crippen LogP contribution in [0.15, 0.2) is 24.3 Å². The second-order valence-electron chi connectivity index (χ2n) is 4.77. The molecule has 0 unspecified atom stereocenters. The van der Waals surface area contributed by atoms with Gasteiger partial charge in [0.25, 0.3) is 0 Å². The molecule has 1 aliphatic rings. The predicted molar refractivity (Wildman–Crippen MR) is 72.7 cm³/mol. The Balaban J connectivity index is 2.03. The van der Waals surface area contributed by atoms with Gasteiger partial charge in [0.05, 0.1) is 5.69 Å². The summed E-state index contributed by atoms with van der Waals surface area (Å²) >= 11 is 0. The molecule has 2 heterocycles. The van der Waals surface area contributed by atoms with Gasteiger partial charge < -0.3 is 10.0 Å². The molecular weight excluding hydrogens is 258 g/mol. The molecule has 3 rings (SSSR count). The van der Waals surface area contributed by atoms with E-state index in [9.17, 15) is 9.59 Å². The summed E-state index contributed by atoms with van der Waals surface area (Å²) in [5, 5.41) is 15.4. The molecule has 0 bridgehead atoms. The van der Waals surface area contributed by atoms with Gasteiger partial charge in [0.2, 0.25) is 5.91 Å². The molecule has 0 spiro atoms. The minimum atomic E-state index is -1.05. The van der Waals surface area contributed by atoms with Gasteiger partial charge in [0, 0.05) is 24.7 Å². The van der Waals surface area contributed by atoms with E-state index in [0.717, 1.165) is 23.2 Å². The SMILES string of the molecule is CN1C(=O)CCc2ccc(-c3cc(C(=O)O)[nH]n3)cc21. The van der Waals surface area contributed by atoms with E-state index in [4.69, 9.17) is 5.11 Å².